The minimum absolute atomic E-state index is 0.0136. The van der Waals surface area contributed by atoms with Gasteiger partial charge in [0.05, 0.1) is 5.52 Å². The average Bonchev–Trinajstić information content (AvgIpc) is 3.11. The van der Waals surface area contributed by atoms with Crippen LogP contribution >= 0.6 is 0 Å². The van der Waals surface area contributed by atoms with Crippen LogP contribution in [0.5, 0.6) is 0 Å². The van der Waals surface area contributed by atoms with Crippen molar-refractivity contribution in [3.63, 3.8) is 0 Å². The number of anilines is 1. The first-order valence-electron chi connectivity index (χ1n) is 8.86. The van der Waals surface area contributed by atoms with Crippen molar-refractivity contribution in [1.29, 1.82) is 0 Å². The molecule has 1 N–H and O–H groups in total. The summed E-state index contributed by atoms with van der Waals surface area (Å²) in [6.45, 7) is 6.65. The van der Waals surface area contributed by atoms with E-state index in [9.17, 15) is 14.4 Å². The number of fused-ring (bicyclic) bond motifs is 1. The lowest BCUT2D eigenvalue weighted by Crippen LogP contribution is -2.44. The van der Waals surface area contributed by atoms with Crippen molar-refractivity contribution >= 4 is 28.6 Å². The molecule has 7 nitrogen and oxygen atoms in total. The van der Waals surface area contributed by atoms with Crippen LogP contribution in [0.2, 0.25) is 0 Å². The summed E-state index contributed by atoms with van der Waals surface area (Å²) in [7, 11) is 1.63. The SMILES string of the molecule is Cn1c(=O)oc2cc(NC(=O)C3CCCN3C(=O)CC(C)(C)C)ccc21. The summed E-state index contributed by atoms with van der Waals surface area (Å²) in [5.41, 5.74) is 1.52. The summed E-state index contributed by atoms with van der Waals surface area (Å²) in [5.74, 6) is -0.639. The second-order valence-corrected chi connectivity index (χ2v) is 8.08. The quantitative estimate of drug-likeness (QED) is 0.912. The van der Waals surface area contributed by atoms with Crippen molar-refractivity contribution in [2.75, 3.05) is 11.9 Å². The zero-order valence-electron chi connectivity index (χ0n) is 15.7. The largest absolute Gasteiger partial charge is 0.419 e. The third-order valence-electron chi connectivity index (χ3n) is 4.62. The number of hydrogen-bond acceptors (Lipinski definition) is 4. The van der Waals surface area contributed by atoms with Crippen LogP contribution in [0.15, 0.2) is 27.4 Å². The van der Waals surface area contributed by atoms with E-state index in [1.165, 1.54) is 4.57 Å². The summed E-state index contributed by atoms with van der Waals surface area (Å²) >= 11 is 0. The van der Waals surface area contributed by atoms with Gasteiger partial charge < -0.3 is 14.6 Å². The number of benzene rings is 1. The fraction of sp³-hybridized carbons (Fsp3) is 0.526. The molecule has 2 heterocycles. The van der Waals surface area contributed by atoms with E-state index in [0.717, 1.165) is 6.42 Å². The van der Waals surface area contributed by atoms with Gasteiger partial charge in [-0.25, -0.2) is 4.79 Å². The number of nitrogens with zero attached hydrogens (tertiary/aromatic N) is 2. The number of amides is 2. The molecule has 1 atom stereocenters. The molecule has 0 aliphatic carbocycles. The lowest BCUT2D eigenvalue weighted by molar-refractivity contribution is -0.138. The second-order valence-electron chi connectivity index (χ2n) is 8.08. The van der Waals surface area contributed by atoms with E-state index in [2.05, 4.69) is 5.32 Å². The van der Waals surface area contributed by atoms with Gasteiger partial charge in [0, 0.05) is 31.8 Å². The number of aryl methyl sites for hydroxylation is 1. The van der Waals surface area contributed by atoms with E-state index in [1.807, 2.05) is 20.8 Å². The molecule has 2 amide bonds. The van der Waals surface area contributed by atoms with Crippen LogP contribution < -0.4 is 11.1 Å². The van der Waals surface area contributed by atoms with Gasteiger partial charge in [0.25, 0.3) is 0 Å². The predicted molar refractivity (Wildman–Crippen MR) is 98.9 cm³/mol. The maximum atomic E-state index is 12.7. The molecule has 1 saturated heterocycles. The molecule has 0 spiro atoms. The Labute approximate surface area is 152 Å². The Hall–Kier alpha value is -2.57. The zero-order chi connectivity index (χ0) is 19.1. The van der Waals surface area contributed by atoms with Crippen LogP contribution in [0.3, 0.4) is 0 Å². The highest BCUT2D eigenvalue weighted by Crippen LogP contribution is 2.26. The molecule has 1 aromatic heterocycles. The number of carbonyl (C=O) groups is 2. The fourth-order valence-corrected chi connectivity index (χ4v) is 3.33. The van der Waals surface area contributed by atoms with Gasteiger partial charge in [-0.2, -0.15) is 0 Å². The molecule has 26 heavy (non-hydrogen) atoms. The van der Waals surface area contributed by atoms with Crippen molar-refractivity contribution in [2.45, 2.75) is 46.1 Å². The predicted octanol–water partition coefficient (Wildman–Crippen LogP) is 2.50. The van der Waals surface area contributed by atoms with Gasteiger partial charge >= 0.3 is 5.76 Å². The highest BCUT2D eigenvalue weighted by atomic mass is 16.4. The molecule has 0 saturated carbocycles. The molecule has 7 heteroatoms. The summed E-state index contributed by atoms with van der Waals surface area (Å²) < 4.78 is 6.56. The van der Waals surface area contributed by atoms with Crippen LogP contribution in [0, 0.1) is 5.41 Å². The van der Waals surface area contributed by atoms with Gasteiger partial charge in [0.1, 0.15) is 6.04 Å². The lowest BCUT2D eigenvalue weighted by Gasteiger charge is -2.27. The average molecular weight is 359 g/mol. The number of oxazole rings is 1. The van der Waals surface area contributed by atoms with E-state index in [1.54, 1.807) is 30.1 Å². The highest BCUT2D eigenvalue weighted by molar-refractivity contribution is 5.98. The Kier molecular flexibility index (Phi) is 4.64. The van der Waals surface area contributed by atoms with E-state index >= 15 is 0 Å². The van der Waals surface area contributed by atoms with Gasteiger partial charge in [0.2, 0.25) is 11.8 Å². The smallest absolute Gasteiger partial charge is 0.408 e. The van der Waals surface area contributed by atoms with Crippen molar-refractivity contribution in [2.24, 2.45) is 12.5 Å². The monoisotopic (exact) mass is 359 g/mol. The normalized spacial score (nSPS) is 17.7. The molecular formula is C19H25N3O4. The molecule has 1 aliphatic heterocycles. The van der Waals surface area contributed by atoms with E-state index in [-0.39, 0.29) is 17.2 Å². The number of carbonyl (C=O) groups excluding carboxylic acids is 2. The van der Waals surface area contributed by atoms with Crippen LogP contribution in [0.4, 0.5) is 5.69 Å². The maximum absolute atomic E-state index is 12.7. The first-order valence-corrected chi connectivity index (χ1v) is 8.86. The zero-order valence-corrected chi connectivity index (χ0v) is 15.7. The summed E-state index contributed by atoms with van der Waals surface area (Å²) in [4.78, 5) is 38.5. The number of hydrogen-bond donors (Lipinski definition) is 1. The minimum Gasteiger partial charge on any atom is -0.408 e. The van der Waals surface area contributed by atoms with Crippen LogP contribution in [-0.4, -0.2) is 33.9 Å². The highest BCUT2D eigenvalue weighted by Gasteiger charge is 2.35. The number of rotatable bonds is 3. The molecule has 1 aromatic carbocycles. The summed E-state index contributed by atoms with van der Waals surface area (Å²) in [6, 6.07) is 4.63. The van der Waals surface area contributed by atoms with Gasteiger partial charge in [-0.3, -0.25) is 14.2 Å². The Balaban J connectivity index is 1.74. The molecule has 1 fully saturated rings. The first kappa shape index (κ1) is 18.2. The standard InChI is InChI=1S/C19H25N3O4/c1-19(2,3)11-16(23)22-9-5-6-14(22)17(24)20-12-7-8-13-15(10-12)26-18(25)21(13)4/h7-8,10,14H,5-6,9,11H2,1-4H3,(H,20,24). The van der Waals surface area contributed by atoms with Crippen LogP contribution in [-0.2, 0) is 16.6 Å². The Morgan fingerprint density at radius 3 is 2.73 bits per heavy atom. The van der Waals surface area contributed by atoms with Crippen molar-refractivity contribution < 1.29 is 14.0 Å². The fourth-order valence-electron chi connectivity index (χ4n) is 3.33. The van der Waals surface area contributed by atoms with Gasteiger partial charge in [-0.05, 0) is 30.4 Å². The van der Waals surface area contributed by atoms with Crippen molar-refractivity contribution in [3.05, 3.63) is 28.7 Å². The Bertz CT molecular complexity index is 904. The topological polar surface area (TPSA) is 84.6 Å². The Morgan fingerprint density at radius 1 is 1.31 bits per heavy atom. The third-order valence-corrected chi connectivity index (χ3v) is 4.62. The molecule has 1 unspecified atom stereocenters. The van der Waals surface area contributed by atoms with E-state index in [4.69, 9.17) is 4.42 Å². The molecule has 1 aliphatic rings. The maximum Gasteiger partial charge on any atom is 0.419 e. The second kappa shape index (κ2) is 6.63. The number of likely N-dealkylation sites (tertiary alicyclic amines) is 1. The van der Waals surface area contributed by atoms with Gasteiger partial charge in [0.15, 0.2) is 5.58 Å². The van der Waals surface area contributed by atoms with Crippen LogP contribution in [0.1, 0.15) is 40.0 Å². The van der Waals surface area contributed by atoms with E-state index < -0.39 is 11.8 Å². The van der Waals surface area contributed by atoms with Crippen molar-refractivity contribution in [1.82, 2.24) is 9.47 Å². The molecule has 3 rings (SSSR count). The molecule has 140 valence electrons. The van der Waals surface area contributed by atoms with E-state index in [0.29, 0.717) is 36.2 Å². The van der Waals surface area contributed by atoms with Gasteiger partial charge in [-0.1, -0.05) is 20.8 Å². The minimum atomic E-state index is -0.455. The lowest BCUT2D eigenvalue weighted by atomic mass is 9.91. The van der Waals surface area contributed by atoms with Gasteiger partial charge in [-0.15, -0.1) is 0 Å². The summed E-state index contributed by atoms with van der Waals surface area (Å²) in [6.07, 6.45) is 1.89. The van der Waals surface area contributed by atoms with Crippen molar-refractivity contribution in [3.8, 4) is 0 Å². The Morgan fingerprint density at radius 2 is 2.04 bits per heavy atom. The molecule has 0 radical (unpaired) electrons. The number of aromatic nitrogens is 1. The number of nitrogens with one attached hydrogen (secondary N) is 1. The molecule has 2 aromatic rings. The summed E-state index contributed by atoms with van der Waals surface area (Å²) in [5, 5.41) is 2.85. The first-order chi connectivity index (χ1) is 12.2. The molecule has 0 bridgehead atoms. The third kappa shape index (κ3) is 3.66. The van der Waals surface area contributed by atoms with Crippen LogP contribution in [0.25, 0.3) is 11.1 Å². The molecular weight excluding hydrogens is 334 g/mol.